The number of phenols is 1. The van der Waals surface area contributed by atoms with E-state index in [0.717, 1.165) is 5.56 Å². The molecule has 3 heteroatoms. The van der Waals surface area contributed by atoms with Crippen molar-refractivity contribution in [2.45, 2.75) is 19.8 Å². The lowest BCUT2D eigenvalue weighted by Crippen LogP contribution is -1.96. The van der Waals surface area contributed by atoms with Crippen LogP contribution in [0.3, 0.4) is 0 Å². The summed E-state index contributed by atoms with van der Waals surface area (Å²) in [5.41, 5.74) is 1.47. The van der Waals surface area contributed by atoms with Crippen LogP contribution in [0.2, 0.25) is 0 Å². The summed E-state index contributed by atoms with van der Waals surface area (Å²) < 4.78 is 5.12. The van der Waals surface area contributed by atoms with E-state index in [9.17, 15) is 5.11 Å². The number of hydrogen-bond acceptors (Lipinski definition) is 3. The van der Waals surface area contributed by atoms with Crippen molar-refractivity contribution in [1.82, 2.24) is 0 Å². The fraction of sp³-hybridized carbons (Fsp3) is 0.364. The third-order valence-corrected chi connectivity index (χ3v) is 2.11. The molecule has 0 amide bonds. The molecule has 0 aromatic heterocycles. The Morgan fingerprint density at radius 2 is 2.14 bits per heavy atom. The topological polar surface area (TPSA) is 53.2 Å². The van der Waals surface area contributed by atoms with Crippen LogP contribution in [0.1, 0.15) is 24.0 Å². The van der Waals surface area contributed by atoms with Gasteiger partial charge < -0.3 is 9.84 Å². The van der Waals surface area contributed by atoms with Gasteiger partial charge in [-0.25, -0.2) is 0 Å². The molecule has 0 heterocycles. The molecule has 3 nitrogen and oxygen atoms in total. The number of phenolic OH excluding ortho intramolecular Hbond substituents is 1. The van der Waals surface area contributed by atoms with E-state index in [2.05, 4.69) is 6.07 Å². The number of aromatic hydroxyl groups is 1. The minimum atomic E-state index is -0.370. The van der Waals surface area contributed by atoms with Crippen LogP contribution in [0.15, 0.2) is 12.1 Å². The van der Waals surface area contributed by atoms with Gasteiger partial charge in [0.05, 0.1) is 24.7 Å². The van der Waals surface area contributed by atoms with Gasteiger partial charge in [-0.1, -0.05) is 0 Å². The Kier molecular flexibility index (Phi) is 2.98. The van der Waals surface area contributed by atoms with Gasteiger partial charge in [-0.05, 0) is 31.5 Å². The van der Waals surface area contributed by atoms with Crippen molar-refractivity contribution in [3.8, 4) is 17.6 Å². The summed E-state index contributed by atoms with van der Waals surface area (Å²) in [4.78, 5) is 0. The van der Waals surface area contributed by atoms with Crippen LogP contribution in [0, 0.1) is 18.3 Å². The Bertz CT molecular complexity index is 380. The molecule has 0 saturated carbocycles. The van der Waals surface area contributed by atoms with Gasteiger partial charge in [0.25, 0.3) is 0 Å². The van der Waals surface area contributed by atoms with Crippen molar-refractivity contribution >= 4 is 0 Å². The summed E-state index contributed by atoms with van der Waals surface area (Å²) in [5, 5.41) is 18.5. The minimum absolute atomic E-state index is 0.121. The average molecular weight is 191 g/mol. The average Bonchev–Trinajstić information content (AvgIpc) is 2.15. The predicted molar refractivity (Wildman–Crippen MR) is 53.4 cm³/mol. The van der Waals surface area contributed by atoms with Gasteiger partial charge in [-0.3, -0.25) is 0 Å². The van der Waals surface area contributed by atoms with Gasteiger partial charge in [0.1, 0.15) is 11.5 Å². The molecular formula is C11H13NO2. The van der Waals surface area contributed by atoms with Gasteiger partial charge in [0.15, 0.2) is 0 Å². The summed E-state index contributed by atoms with van der Waals surface area (Å²) in [6, 6.07) is 5.52. The van der Waals surface area contributed by atoms with Crippen molar-refractivity contribution in [3.63, 3.8) is 0 Å². The predicted octanol–water partition coefficient (Wildman–Crippen LogP) is 2.34. The number of nitrogens with zero attached hydrogens (tertiary/aromatic N) is 1. The second-order valence-electron chi connectivity index (χ2n) is 3.25. The summed E-state index contributed by atoms with van der Waals surface area (Å²) in [6.07, 6.45) is 0. The zero-order valence-corrected chi connectivity index (χ0v) is 8.53. The number of rotatable bonds is 2. The van der Waals surface area contributed by atoms with Crippen molar-refractivity contribution in [2.24, 2.45) is 0 Å². The van der Waals surface area contributed by atoms with Gasteiger partial charge >= 0.3 is 0 Å². The van der Waals surface area contributed by atoms with E-state index in [1.807, 2.05) is 13.0 Å². The van der Waals surface area contributed by atoms with Crippen LogP contribution in [0.25, 0.3) is 0 Å². The highest BCUT2D eigenvalue weighted by atomic mass is 16.5. The Morgan fingerprint density at radius 3 is 2.64 bits per heavy atom. The zero-order valence-electron chi connectivity index (χ0n) is 8.53. The third kappa shape index (κ3) is 1.80. The van der Waals surface area contributed by atoms with E-state index < -0.39 is 0 Å². The molecule has 0 aliphatic rings. The Labute approximate surface area is 83.6 Å². The first kappa shape index (κ1) is 10.4. The normalized spacial score (nSPS) is 11.9. The molecule has 0 bridgehead atoms. The van der Waals surface area contributed by atoms with Gasteiger partial charge in [-0.15, -0.1) is 0 Å². The monoisotopic (exact) mass is 191 g/mol. The Hall–Kier alpha value is -1.69. The molecular weight excluding hydrogens is 178 g/mol. The van der Waals surface area contributed by atoms with E-state index in [1.54, 1.807) is 13.0 Å². The largest absolute Gasteiger partial charge is 0.507 e. The smallest absolute Gasteiger partial charge is 0.127 e. The molecule has 0 aliphatic heterocycles. The highest BCUT2D eigenvalue weighted by Crippen LogP contribution is 2.35. The van der Waals surface area contributed by atoms with Crippen molar-refractivity contribution < 1.29 is 9.84 Å². The van der Waals surface area contributed by atoms with E-state index in [4.69, 9.17) is 10.00 Å². The van der Waals surface area contributed by atoms with Crippen molar-refractivity contribution in [2.75, 3.05) is 7.11 Å². The number of aryl methyl sites for hydroxylation is 1. The van der Waals surface area contributed by atoms with Crippen LogP contribution in [-0.4, -0.2) is 12.2 Å². The molecule has 74 valence electrons. The zero-order chi connectivity index (χ0) is 10.7. The van der Waals surface area contributed by atoms with Crippen LogP contribution >= 0.6 is 0 Å². The number of benzene rings is 1. The quantitative estimate of drug-likeness (QED) is 0.780. The molecule has 1 rings (SSSR count). The molecule has 0 spiro atoms. The molecule has 1 atom stereocenters. The van der Waals surface area contributed by atoms with Gasteiger partial charge in [-0.2, -0.15) is 5.26 Å². The lowest BCUT2D eigenvalue weighted by atomic mass is 9.99. The molecule has 0 fully saturated rings. The SMILES string of the molecule is COc1cc(C)cc(O)c1C(C)C#N. The molecule has 1 aromatic carbocycles. The molecule has 0 radical (unpaired) electrons. The number of ether oxygens (including phenoxy) is 1. The first-order chi connectivity index (χ1) is 6.60. The van der Waals surface area contributed by atoms with E-state index in [-0.39, 0.29) is 11.7 Å². The molecule has 1 aromatic rings. The lowest BCUT2D eigenvalue weighted by Gasteiger charge is -2.12. The number of hydrogen-bond donors (Lipinski definition) is 1. The molecule has 0 aliphatic carbocycles. The molecule has 0 saturated heterocycles. The Morgan fingerprint density at radius 1 is 1.50 bits per heavy atom. The summed E-state index contributed by atoms with van der Waals surface area (Å²) in [5.74, 6) is 0.318. The summed E-state index contributed by atoms with van der Waals surface area (Å²) in [6.45, 7) is 3.59. The second kappa shape index (κ2) is 4.01. The second-order valence-corrected chi connectivity index (χ2v) is 3.25. The van der Waals surface area contributed by atoms with Crippen LogP contribution in [0.4, 0.5) is 0 Å². The summed E-state index contributed by atoms with van der Waals surface area (Å²) in [7, 11) is 1.53. The van der Waals surface area contributed by atoms with Gasteiger partial charge in [0.2, 0.25) is 0 Å². The maximum absolute atomic E-state index is 9.67. The van der Waals surface area contributed by atoms with E-state index in [1.165, 1.54) is 7.11 Å². The van der Waals surface area contributed by atoms with Gasteiger partial charge in [0, 0.05) is 0 Å². The highest BCUT2D eigenvalue weighted by molar-refractivity contribution is 5.50. The molecule has 1 N–H and O–H groups in total. The first-order valence-electron chi connectivity index (χ1n) is 4.37. The van der Waals surface area contributed by atoms with Crippen molar-refractivity contribution in [3.05, 3.63) is 23.3 Å². The van der Waals surface area contributed by atoms with Crippen molar-refractivity contribution in [1.29, 1.82) is 5.26 Å². The van der Waals surface area contributed by atoms with Crippen LogP contribution < -0.4 is 4.74 Å². The lowest BCUT2D eigenvalue weighted by molar-refractivity contribution is 0.398. The van der Waals surface area contributed by atoms with Crippen LogP contribution in [-0.2, 0) is 0 Å². The van der Waals surface area contributed by atoms with E-state index in [0.29, 0.717) is 11.3 Å². The maximum Gasteiger partial charge on any atom is 0.127 e. The molecule has 14 heavy (non-hydrogen) atoms. The van der Waals surface area contributed by atoms with E-state index >= 15 is 0 Å². The highest BCUT2D eigenvalue weighted by Gasteiger charge is 2.16. The number of nitriles is 1. The maximum atomic E-state index is 9.67. The minimum Gasteiger partial charge on any atom is -0.507 e. The fourth-order valence-corrected chi connectivity index (χ4v) is 1.41. The standard InChI is InChI=1S/C11H13NO2/c1-7-4-9(13)11(8(2)6-12)10(5-7)14-3/h4-5,8,13H,1-3H3. The molecule has 1 unspecified atom stereocenters. The fourth-order valence-electron chi connectivity index (χ4n) is 1.41. The third-order valence-electron chi connectivity index (χ3n) is 2.11. The summed E-state index contributed by atoms with van der Waals surface area (Å²) >= 11 is 0. The Balaban J connectivity index is 3.34. The van der Waals surface area contributed by atoms with Crippen LogP contribution in [0.5, 0.6) is 11.5 Å². The first-order valence-corrected chi connectivity index (χ1v) is 4.37. The number of methoxy groups -OCH3 is 1.